The second kappa shape index (κ2) is 29.0. The molecule has 0 N–H and O–H groups in total. The molecule has 0 saturated carbocycles. The Labute approximate surface area is 244 Å². The number of hydrogen-bond acceptors (Lipinski definition) is 3. The Hall–Kier alpha value is -0.520. The van der Waals surface area contributed by atoms with E-state index in [0.29, 0.717) is 0 Å². The third kappa shape index (κ3) is 30.3. The predicted octanol–water partition coefficient (Wildman–Crippen LogP) is 8.34. The standard InChI is InChI=1S/2C16H34N.FH2O3P/c2*1-5-9-13-17(14-10-6-2,15-11-7-3)16-12-8-4;1-5(2,3)4/h2*5H,1,6-16H2,2-4H3;(H2,2,3,4)/q2*+1;/p-2. The maximum absolute atomic E-state index is 10.1. The van der Waals surface area contributed by atoms with E-state index < -0.39 is 7.91 Å². The molecule has 0 radical (unpaired) electrons. The first-order chi connectivity index (χ1) is 18.5. The van der Waals surface area contributed by atoms with Crippen molar-refractivity contribution >= 4 is 7.91 Å². The third-order valence-corrected chi connectivity index (χ3v) is 7.53. The van der Waals surface area contributed by atoms with Crippen LogP contribution in [0.25, 0.3) is 0 Å². The molecule has 0 saturated heterocycles. The van der Waals surface area contributed by atoms with Crippen molar-refractivity contribution in [2.75, 3.05) is 52.4 Å². The van der Waals surface area contributed by atoms with Gasteiger partial charge in [0.15, 0.2) is 0 Å². The summed E-state index contributed by atoms with van der Waals surface area (Å²) in [6.07, 6.45) is 22.8. The summed E-state index contributed by atoms with van der Waals surface area (Å²) in [5.41, 5.74) is 0. The lowest BCUT2D eigenvalue weighted by Crippen LogP contribution is -2.50. The molecular weight excluding hydrogens is 510 g/mol. The van der Waals surface area contributed by atoms with Crippen LogP contribution >= 0.6 is 7.91 Å². The Balaban J connectivity index is -0.000000566. The average Bonchev–Trinajstić information content (AvgIpc) is 2.91. The quantitative estimate of drug-likeness (QED) is 0.0657. The highest BCUT2D eigenvalue weighted by Gasteiger charge is 2.25. The maximum atomic E-state index is 10.1. The van der Waals surface area contributed by atoms with Crippen LogP contribution < -0.4 is 9.79 Å². The minimum atomic E-state index is -5.64. The topological polar surface area (TPSA) is 63.2 Å². The van der Waals surface area contributed by atoms with Crippen LogP contribution in [0.15, 0.2) is 25.3 Å². The van der Waals surface area contributed by atoms with Crippen LogP contribution in [0, 0.1) is 0 Å². The molecule has 0 unspecified atom stereocenters. The molecule has 0 rings (SSSR count). The molecule has 0 aromatic heterocycles. The molecule has 236 valence electrons. The summed E-state index contributed by atoms with van der Waals surface area (Å²) in [7, 11) is -5.64. The van der Waals surface area contributed by atoms with Gasteiger partial charge in [0.05, 0.1) is 52.4 Å². The fourth-order valence-electron chi connectivity index (χ4n) is 5.03. The lowest BCUT2D eigenvalue weighted by atomic mass is 10.1. The van der Waals surface area contributed by atoms with E-state index in [0.717, 1.165) is 0 Å². The number of nitrogens with zero attached hydrogens (tertiary/aromatic N) is 2. The van der Waals surface area contributed by atoms with E-state index in [1.165, 1.54) is 151 Å². The average molecular weight is 579 g/mol. The molecule has 5 nitrogen and oxygen atoms in total. The maximum Gasteiger partial charge on any atom is 0.110 e. The highest BCUT2D eigenvalue weighted by atomic mass is 31.2. The van der Waals surface area contributed by atoms with Gasteiger partial charge in [0.1, 0.15) is 7.91 Å². The van der Waals surface area contributed by atoms with Gasteiger partial charge in [-0.25, -0.2) is 4.20 Å². The molecule has 0 atom stereocenters. The summed E-state index contributed by atoms with van der Waals surface area (Å²) in [4.78, 5) is 16.9. The van der Waals surface area contributed by atoms with Gasteiger partial charge in [-0.1, -0.05) is 92.2 Å². The first-order valence-corrected chi connectivity index (χ1v) is 17.6. The van der Waals surface area contributed by atoms with E-state index in [2.05, 4.69) is 66.9 Å². The van der Waals surface area contributed by atoms with Crippen LogP contribution in [0.5, 0.6) is 0 Å². The number of halogens is 1. The summed E-state index contributed by atoms with van der Waals surface area (Å²) in [6.45, 7) is 32.5. The molecule has 0 aromatic carbocycles. The number of unbranched alkanes of at least 4 members (excludes halogenated alkanes) is 6. The van der Waals surface area contributed by atoms with Gasteiger partial charge in [-0.3, -0.25) is 0 Å². The van der Waals surface area contributed by atoms with Crippen molar-refractivity contribution in [1.82, 2.24) is 0 Å². The van der Waals surface area contributed by atoms with Crippen LogP contribution in [0.1, 0.15) is 131 Å². The van der Waals surface area contributed by atoms with Crippen molar-refractivity contribution in [2.24, 2.45) is 0 Å². The van der Waals surface area contributed by atoms with Gasteiger partial charge in [0.25, 0.3) is 0 Å². The Morgan fingerprint density at radius 3 is 0.846 bits per heavy atom. The van der Waals surface area contributed by atoms with Crippen LogP contribution in [-0.2, 0) is 4.57 Å². The lowest BCUT2D eigenvalue weighted by molar-refractivity contribution is -0.928. The normalized spacial score (nSPS) is 11.7. The van der Waals surface area contributed by atoms with E-state index in [1.807, 2.05) is 0 Å². The Morgan fingerprint density at radius 2 is 0.718 bits per heavy atom. The molecule has 0 heterocycles. The van der Waals surface area contributed by atoms with E-state index >= 15 is 0 Å². The molecule has 0 aliphatic carbocycles. The number of rotatable bonds is 24. The molecule has 0 aliphatic rings. The molecule has 0 bridgehead atoms. The fraction of sp³-hybridized carbons (Fsp3) is 0.875. The van der Waals surface area contributed by atoms with Crippen LogP contribution in [0.2, 0.25) is 0 Å². The smallest absolute Gasteiger partial charge is 0.110 e. The molecule has 0 amide bonds. The first-order valence-electron chi connectivity index (χ1n) is 16.1. The van der Waals surface area contributed by atoms with Crippen molar-refractivity contribution in [3.05, 3.63) is 25.3 Å². The van der Waals surface area contributed by atoms with Gasteiger partial charge in [0, 0.05) is 12.8 Å². The second-order valence-corrected chi connectivity index (χ2v) is 12.0. The molecule has 39 heavy (non-hydrogen) atoms. The monoisotopic (exact) mass is 578 g/mol. The SMILES string of the molecule is C=CCC[N+](CCCC)(CCCC)CCCC.C=CCC[N+](CCCC)(CCCC)CCCC.O=P([O-])([O-])F. The van der Waals surface area contributed by atoms with Crippen molar-refractivity contribution < 1.29 is 27.5 Å². The van der Waals surface area contributed by atoms with Gasteiger partial charge < -0.3 is 23.3 Å². The van der Waals surface area contributed by atoms with Crippen LogP contribution in [0.4, 0.5) is 4.20 Å². The summed E-state index contributed by atoms with van der Waals surface area (Å²) in [6, 6.07) is 0. The van der Waals surface area contributed by atoms with Gasteiger partial charge in [-0.15, -0.1) is 13.2 Å². The molecule has 0 spiro atoms. The van der Waals surface area contributed by atoms with Gasteiger partial charge in [-0.2, -0.15) is 0 Å². The van der Waals surface area contributed by atoms with E-state index in [-0.39, 0.29) is 0 Å². The highest BCUT2D eigenvalue weighted by Crippen LogP contribution is 2.22. The molecule has 0 aromatic rings. The van der Waals surface area contributed by atoms with Gasteiger partial charge in [-0.05, 0) is 38.5 Å². The zero-order valence-electron chi connectivity index (χ0n) is 27.1. The Kier molecular flexibility index (Phi) is 31.9. The summed E-state index contributed by atoms with van der Waals surface area (Å²) >= 11 is 0. The molecule has 7 heteroatoms. The Bertz CT molecular complexity index is 492. The van der Waals surface area contributed by atoms with Crippen LogP contribution in [0.3, 0.4) is 0 Å². The van der Waals surface area contributed by atoms with Crippen LogP contribution in [-0.4, -0.2) is 61.3 Å². The van der Waals surface area contributed by atoms with Crippen molar-refractivity contribution in [3.8, 4) is 0 Å². The second-order valence-electron chi connectivity index (χ2n) is 11.2. The zero-order valence-corrected chi connectivity index (χ0v) is 28.0. The van der Waals surface area contributed by atoms with Gasteiger partial charge in [0.2, 0.25) is 0 Å². The van der Waals surface area contributed by atoms with Crippen molar-refractivity contribution in [3.63, 3.8) is 0 Å². The molecular formula is C32H68FN2O3P. The van der Waals surface area contributed by atoms with E-state index in [4.69, 9.17) is 14.4 Å². The lowest BCUT2D eigenvalue weighted by Gasteiger charge is -2.39. The number of quaternary nitrogens is 2. The summed E-state index contributed by atoms with van der Waals surface area (Å²) in [5, 5.41) is 0. The minimum absolute atomic E-state index is 1.18. The summed E-state index contributed by atoms with van der Waals surface area (Å²) < 4.78 is 21.3. The van der Waals surface area contributed by atoms with Gasteiger partial charge >= 0.3 is 0 Å². The van der Waals surface area contributed by atoms with Crippen molar-refractivity contribution in [1.29, 1.82) is 0 Å². The van der Waals surface area contributed by atoms with E-state index in [9.17, 15) is 4.20 Å². The largest absolute Gasteiger partial charge is 0.786 e. The summed E-state index contributed by atoms with van der Waals surface area (Å²) in [5.74, 6) is 0. The van der Waals surface area contributed by atoms with Crippen molar-refractivity contribution in [2.45, 2.75) is 131 Å². The van der Waals surface area contributed by atoms with E-state index in [1.54, 1.807) is 0 Å². The highest BCUT2D eigenvalue weighted by molar-refractivity contribution is 7.42. The third-order valence-electron chi connectivity index (χ3n) is 7.53. The fourth-order valence-corrected chi connectivity index (χ4v) is 5.03. The first kappa shape index (κ1) is 42.9. The Morgan fingerprint density at radius 1 is 0.538 bits per heavy atom. The zero-order chi connectivity index (χ0) is 30.5. The molecule has 0 fully saturated rings. The predicted molar refractivity (Wildman–Crippen MR) is 167 cm³/mol. The minimum Gasteiger partial charge on any atom is -0.786 e. The molecule has 0 aliphatic heterocycles. The number of hydrogen-bond donors (Lipinski definition) is 0.